The molecule has 4 rings (SSSR count). The Morgan fingerprint density at radius 1 is 1.14 bits per heavy atom. The largest absolute Gasteiger partial charge is 0.448 e. The van der Waals surface area contributed by atoms with Crippen molar-refractivity contribution in [3.63, 3.8) is 0 Å². The number of oxazole rings is 1. The van der Waals surface area contributed by atoms with Gasteiger partial charge in [-0.3, -0.25) is 4.79 Å². The van der Waals surface area contributed by atoms with Gasteiger partial charge in [0.05, 0.1) is 6.04 Å². The molecule has 1 aliphatic rings. The van der Waals surface area contributed by atoms with Gasteiger partial charge in [0.1, 0.15) is 12.0 Å². The summed E-state index contributed by atoms with van der Waals surface area (Å²) in [5, 5.41) is 0. The van der Waals surface area contributed by atoms with Crippen LogP contribution in [0.5, 0.6) is 11.6 Å². The van der Waals surface area contributed by atoms with E-state index >= 15 is 0 Å². The number of hydrogen-bond acceptors (Lipinski definition) is 6. The van der Waals surface area contributed by atoms with E-state index in [9.17, 15) is 4.79 Å². The molecule has 1 aliphatic heterocycles. The zero-order valence-corrected chi connectivity index (χ0v) is 16.0. The first-order valence-corrected chi connectivity index (χ1v) is 9.42. The fourth-order valence-electron chi connectivity index (χ4n) is 3.42. The number of carbonyl (C=O) groups excluding carboxylic acids is 1. The third kappa shape index (κ3) is 3.88. The molecule has 28 heavy (non-hydrogen) atoms. The Bertz CT molecular complexity index is 971. The lowest BCUT2D eigenvalue weighted by Crippen LogP contribution is -2.39. The number of ether oxygens (including phenoxy) is 1. The molecule has 0 spiro atoms. The molecule has 0 saturated carbocycles. The Kier molecular flexibility index (Phi) is 5.06. The second kappa shape index (κ2) is 7.80. The Balaban J connectivity index is 1.63. The number of amides is 1. The zero-order chi connectivity index (χ0) is 19.5. The number of carbonyl (C=O) groups is 1. The van der Waals surface area contributed by atoms with Crippen LogP contribution in [0.2, 0.25) is 0 Å². The first-order valence-electron chi connectivity index (χ1n) is 9.42. The molecule has 7 nitrogen and oxygen atoms in total. The van der Waals surface area contributed by atoms with Gasteiger partial charge < -0.3 is 14.1 Å². The molecule has 1 aromatic carbocycles. The summed E-state index contributed by atoms with van der Waals surface area (Å²) in [6.45, 7) is 4.27. The van der Waals surface area contributed by atoms with Crippen LogP contribution < -0.4 is 4.74 Å². The Labute approximate surface area is 163 Å². The van der Waals surface area contributed by atoms with E-state index in [0.717, 1.165) is 25.0 Å². The van der Waals surface area contributed by atoms with Crippen molar-refractivity contribution < 1.29 is 13.9 Å². The number of rotatable bonds is 4. The average Bonchev–Trinajstić information content (AvgIpc) is 3.14. The van der Waals surface area contributed by atoms with Crippen LogP contribution >= 0.6 is 0 Å². The molecule has 3 aromatic rings. The second-order valence-electron chi connectivity index (χ2n) is 6.88. The van der Waals surface area contributed by atoms with Crippen molar-refractivity contribution in [2.75, 3.05) is 6.54 Å². The standard InChI is InChI=1S/C21H22N4O3/c1-14-12-19(28-16-8-4-3-5-9-16)24-20(22-14)18-10-6-7-11-25(18)21(26)17-13-27-15(2)23-17/h3-5,8-9,12-13,18H,6-7,10-11H2,1-2H3. The van der Waals surface area contributed by atoms with Crippen molar-refractivity contribution in [3.05, 3.63) is 65.8 Å². The van der Waals surface area contributed by atoms with Crippen molar-refractivity contribution in [1.29, 1.82) is 0 Å². The number of aromatic nitrogens is 3. The van der Waals surface area contributed by atoms with Crippen LogP contribution in [0.1, 0.15) is 53.2 Å². The number of para-hydroxylation sites is 1. The average molecular weight is 378 g/mol. The van der Waals surface area contributed by atoms with Gasteiger partial charge >= 0.3 is 0 Å². The van der Waals surface area contributed by atoms with Crippen LogP contribution in [0, 0.1) is 13.8 Å². The Morgan fingerprint density at radius 3 is 2.71 bits per heavy atom. The highest BCUT2D eigenvalue weighted by atomic mass is 16.5. The van der Waals surface area contributed by atoms with Crippen LogP contribution in [0.25, 0.3) is 0 Å². The molecular formula is C21H22N4O3. The van der Waals surface area contributed by atoms with Crippen LogP contribution in [0.3, 0.4) is 0 Å². The maximum Gasteiger partial charge on any atom is 0.276 e. The summed E-state index contributed by atoms with van der Waals surface area (Å²) in [6, 6.07) is 11.1. The highest BCUT2D eigenvalue weighted by Crippen LogP contribution is 2.32. The lowest BCUT2D eigenvalue weighted by molar-refractivity contribution is 0.0592. The van der Waals surface area contributed by atoms with Crippen molar-refractivity contribution in [1.82, 2.24) is 19.9 Å². The number of hydrogen-bond donors (Lipinski definition) is 0. The summed E-state index contributed by atoms with van der Waals surface area (Å²) in [5.74, 6) is 2.10. The van der Waals surface area contributed by atoms with Crippen molar-refractivity contribution >= 4 is 5.91 Å². The van der Waals surface area contributed by atoms with Gasteiger partial charge in [-0.05, 0) is 38.3 Å². The maximum absolute atomic E-state index is 13.0. The van der Waals surface area contributed by atoms with Gasteiger partial charge in [-0.1, -0.05) is 18.2 Å². The third-order valence-electron chi connectivity index (χ3n) is 4.71. The van der Waals surface area contributed by atoms with E-state index in [1.54, 1.807) is 17.9 Å². The highest BCUT2D eigenvalue weighted by molar-refractivity contribution is 5.92. The minimum Gasteiger partial charge on any atom is -0.448 e. The van der Waals surface area contributed by atoms with Crippen molar-refractivity contribution in [2.24, 2.45) is 0 Å². The number of nitrogens with zero attached hydrogens (tertiary/aromatic N) is 4. The smallest absolute Gasteiger partial charge is 0.276 e. The van der Waals surface area contributed by atoms with Crippen molar-refractivity contribution in [3.8, 4) is 11.6 Å². The van der Waals surface area contributed by atoms with Crippen LogP contribution in [-0.2, 0) is 0 Å². The minimum atomic E-state index is -0.212. The summed E-state index contributed by atoms with van der Waals surface area (Å²) in [5.41, 5.74) is 1.11. The summed E-state index contributed by atoms with van der Waals surface area (Å²) < 4.78 is 11.1. The topological polar surface area (TPSA) is 81.4 Å². The van der Waals surface area contributed by atoms with Gasteiger partial charge in [-0.15, -0.1) is 0 Å². The van der Waals surface area contributed by atoms with Gasteiger partial charge in [-0.25, -0.2) is 9.97 Å². The molecule has 7 heteroatoms. The molecule has 2 aromatic heterocycles. The third-order valence-corrected chi connectivity index (χ3v) is 4.71. The molecule has 1 atom stereocenters. The normalized spacial score (nSPS) is 16.8. The molecular weight excluding hydrogens is 356 g/mol. The monoisotopic (exact) mass is 378 g/mol. The Morgan fingerprint density at radius 2 is 1.96 bits per heavy atom. The summed E-state index contributed by atoms with van der Waals surface area (Å²) in [6.07, 6.45) is 4.16. The highest BCUT2D eigenvalue weighted by Gasteiger charge is 2.32. The second-order valence-corrected chi connectivity index (χ2v) is 6.88. The van der Waals surface area contributed by atoms with E-state index < -0.39 is 0 Å². The molecule has 0 radical (unpaired) electrons. The van der Waals surface area contributed by atoms with Gasteiger partial charge in [0.15, 0.2) is 17.4 Å². The van der Waals surface area contributed by atoms with E-state index in [4.69, 9.17) is 9.15 Å². The zero-order valence-electron chi connectivity index (χ0n) is 16.0. The maximum atomic E-state index is 13.0. The molecule has 0 N–H and O–H groups in total. The van der Waals surface area contributed by atoms with E-state index in [-0.39, 0.29) is 11.9 Å². The molecule has 1 amide bonds. The fourth-order valence-corrected chi connectivity index (χ4v) is 3.42. The molecule has 1 fully saturated rings. The lowest BCUT2D eigenvalue weighted by atomic mass is 10.0. The van der Waals surface area contributed by atoms with Gasteiger partial charge in [-0.2, -0.15) is 4.98 Å². The van der Waals surface area contributed by atoms with Crippen molar-refractivity contribution in [2.45, 2.75) is 39.2 Å². The predicted molar refractivity (Wildman–Crippen MR) is 102 cm³/mol. The Hall–Kier alpha value is -3.22. The quantitative estimate of drug-likeness (QED) is 0.675. The summed E-state index contributed by atoms with van der Waals surface area (Å²) in [7, 11) is 0. The van der Waals surface area contributed by atoms with Crippen LogP contribution in [-0.4, -0.2) is 32.3 Å². The number of aryl methyl sites for hydroxylation is 2. The molecule has 3 heterocycles. The molecule has 1 saturated heterocycles. The predicted octanol–water partition coefficient (Wildman–Crippen LogP) is 4.24. The number of benzene rings is 1. The lowest BCUT2D eigenvalue weighted by Gasteiger charge is -2.34. The van der Waals surface area contributed by atoms with Gasteiger partial charge in [0, 0.05) is 25.2 Å². The first kappa shape index (κ1) is 18.2. The molecule has 144 valence electrons. The number of likely N-dealkylation sites (tertiary alicyclic amines) is 1. The van der Waals surface area contributed by atoms with Crippen LogP contribution in [0.15, 0.2) is 47.1 Å². The number of piperidine rings is 1. The SMILES string of the molecule is Cc1cc(Oc2ccccc2)nc(C2CCCCN2C(=O)c2coc(C)n2)n1. The van der Waals surface area contributed by atoms with E-state index in [2.05, 4.69) is 15.0 Å². The summed E-state index contributed by atoms with van der Waals surface area (Å²) in [4.78, 5) is 28.2. The van der Waals surface area contributed by atoms with Gasteiger partial charge in [0.2, 0.25) is 5.88 Å². The van der Waals surface area contributed by atoms with E-state index in [1.807, 2.05) is 37.3 Å². The van der Waals surface area contributed by atoms with Gasteiger partial charge in [0.25, 0.3) is 5.91 Å². The van der Waals surface area contributed by atoms with E-state index in [0.29, 0.717) is 35.6 Å². The minimum absolute atomic E-state index is 0.155. The molecule has 1 unspecified atom stereocenters. The molecule has 0 aliphatic carbocycles. The summed E-state index contributed by atoms with van der Waals surface area (Å²) >= 11 is 0. The fraction of sp³-hybridized carbons (Fsp3) is 0.333. The van der Waals surface area contributed by atoms with E-state index in [1.165, 1.54) is 6.26 Å². The molecule has 0 bridgehead atoms. The first-order chi connectivity index (χ1) is 13.6. The van der Waals surface area contributed by atoms with Crippen LogP contribution in [0.4, 0.5) is 0 Å².